The highest BCUT2D eigenvalue weighted by molar-refractivity contribution is 5.95. The highest BCUT2D eigenvalue weighted by Gasteiger charge is 2.32. The molecule has 5 nitrogen and oxygen atoms in total. The zero-order chi connectivity index (χ0) is 13.0. The summed E-state index contributed by atoms with van der Waals surface area (Å²) >= 11 is 0. The molecule has 0 bridgehead atoms. The topological polar surface area (TPSA) is 51.9 Å². The monoisotopic (exact) mass is 253 g/mol. The molecule has 0 atom stereocenters. The van der Waals surface area contributed by atoms with Gasteiger partial charge in [0.05, 0.1) is 17.9 Å². The van der Waals surface area contributed by atoms with Crippen LogP contribution in [0.1, 0.15) is 22.5 Å². The maximum Gasteiger partial charge on any atom is 0.257 e. The third kappa shape index (κ3) is 2.91. The van der Waals surface area contributed by atoms with Gasteiger partial charge in [-0.1, -0.05) is 0 Å². The fourth-order valence-corrected chi connectivity index (χ4v) is 1.94. The van der Waals surface area contributed by atoms with E-state index in [0.29, 0.717) is 37.6 Å². The van der Waals surface area contributed by atoms with Gasteiger partial charge in [0, 0.05) is 33.4 Å². The summed E-state index contributed by atoms with van der Waals surface area (Å²) in [7, 11) is 1.68. The van der Waals surface area contributed by atoms with Crippen LogP contribution in [-0.2, 0) is 9.47 Å². The molecular formula is C13H19NO4. The van der Waals surface area contributed by atoms with Crippen LogP contribution in [0.2, 0.25) is 0 Å². The van der Waals surface area contributed by atoms with Crippen LogP contribution in [0, 0.1) is 6.92 Å². The van der Waals surface area contributed by atoms with E-state index in [0.717, 1.165) is 6.42 Å². The van der Waals surface area contributed by atoms with E-state index in [1.54, 1.807) is 31.3 Å². The predicted octanol–water partition coefficient (Wildman–Crippen LogP) is 1.47. The van der Waals surface area contributed by atoms with Crippen molar-refractivity contribution in [3.05, 3.63) is 23.7 Å². The lowest BCUT2D eigenvalue weighted by atomic mass is 10.1. The Balaban J connectivity index is 1.69. The van der Waals surface area contributed by atoms with Gasteiger partial charge in [0.25, 0.3) is 5.91 Å². The largest absolute Gasteiger partial charge is 0.469 e. The van der Waals surface area contributed by atoms with Crippen molar-refractivity contribution < 1.29 is 18.7 Å². The molecule has 1 aromatic heterocycles. The van der Waals surface area contributed by atoms with Gasteiger partial charge in [-0.15, -0.1) is 0 Å². The van der Waals surface area contributed by atoms with Gasteiger partial charge in [-0.2, -0.15) is 0 Å². The molecule has 1 fully saturated rings. The third-order valence-corrected chi connectivity index (χ3v) is 3.07. The minimum Gasteiger partial charge on any atom is -0.469 e. The van der Waals surface area contributed by atoms with Crippen molar-refractivity contribution in [2.24, 2.45) is 0 Å². The lowest BCUT2D eigenvalue weighted by molar-refractivity contribution is -0.0465. The Morgan fingerprint density at radius 3 is 2.89 bits per heavy atom. The average molecular weight is 253 g/mol. The molecule has 0 aromatic carbocycles. The van der Waals surface area contributed by atoms with E-state index >= 15 is 0 Å². The minimum absolute atomic E-state index is 0.0259. The summed E-state index contributed by atoms with van der Waals surface area (Å²) in [4.78, 5) is 13.8. The van der Waals surface area contributed by atoms with Gasteiger partial charge < -0.3 is 18.8 Å². The fraction of sp³-hybridized carbons (Fsp3) is 0.615. The van der Waals surface area contributed by atoms with Crippen LogP contribution in [0.15, 0.2) is 16.7 Å². The number of aryl methyl sites for hydroxylation is 1. The van der Waals surface area contributed by atoms with E-state index in [4.69, 9.17) is 13.9 Å². The summed E-state index contributed by atoms with van der Waals surface area (Å²) in [6.07, 6.45) is 2.60. The van der Waals surface area contributed by atoms with E-state index in [2.05, 4.69) is 0 Å². The molecule has 1 amide bonds. The number of carbonyl (C=O) groups excluding carboxylic acids is 1. The van der Waals surface area contributed by atoms with Gasteiger partial charge in [0.2, 0.25) is 0 Å². The van der Waals surface area contributed by atoms with Gasteiger partial charge in [-0.25, -0.2) is 0 Å². The second-order valence-electron chi connectivity index (χ2n) is 4.44. The lowest BCUT2D eigenvalue weighted by Crippen LogP contribution is -2.54. The molecule has 1 aliphatic heterocycles. The fourth-order valence-electron chi connectivity index (χ4n) is 1.94. The smallest absolute Gasteiger partial charge is 0.257 e. The lowest BCUT2D eigenvalue weighted by Gasteiger charge is -2.38. The maximum absolute atomic E-state index is 12.0. The van der Waals surface area contributed by atoms with Crippen molar-refractivity contribution in [3.8, 4) is 0 Å². The van der Waals surface area contributed by atoms with Crippen molar-refractivity contribution in [1.29, 1.82) is 0 Å². The first-order valence-corrected chi connectivity index (χ1v) is 6.16. The summed E-state index contributed by atoms with van der Waals surface area (Å²) in [6, 6.07) is 1.71. The number of hydrogen-bond acceptors (Lipinski definition) is 4. The molecule has 0 saturated carbocycles. The number of amides is 1. The number of carbonyl (C=O) groups is 1. The molecule has 100 valence electrons. The molecule has 1 saturated heterocycles. The number of nitrogens with zero attached hydrogens (tertiary/aromatic N) is 1. The van der Waals surface area contributed by atoms with Crippen LogP contribution in [0.3, 0.4) is 0 Å². The van der Waals surface area contributed by atoms with Gasteiger partial charge in [-0.05, 0) is 19.4 Å². The summed E-state index contributed by atoms with van der Waals surface area (Å²) in [5.41, 5.74) is 0.646. The third-order valence-electron chi connectivity index (χ3n) is 3.07. The Labute approximate surface area is 107 Å². The van der Waals surface area contributed by atoms with Crippen LogP contribution in [0.25, 0.3) is 0 Å². The quantitative estimate of drug-likeness (QED) is 0.720. The first-order valence-electron chi connectivity index (χ1n) is 6.16. The predicted molar refractivity (Wildman–Crippen MR) is 65.6 cm³/mol. The molecular weight excluding hydrogens is 234 g/mol. The number of rotatable bonds is 6. The highest BCUT2D eigenvalue weighted by atomic mass is 16.5. The van der Waals surface area contributed by atoms with E-state index in [1.807, 2.05) is 0 Å². The number of likely N-dealkylation sites (tertiary alicyclic amines) is 1. The van der Waals surface area contributed by atoms with Crippen molar-refractivity contribution in [3.63, 3.8) is 0 Å². The van der Waals surface area contributed by atoms with Crippen LogP contribution >= 0.6 is 0 Å². The van der Waals surface area contributed by atoms with Gasteiger partial charge in [-0.3, -0.25) is 4.79 Å². The number of ether oxygens (including phenoxy) is 2. The van der Waals surface area contributed by atoms with Crippen molar-refractivity contribution >= 4 is 5.91 Å². The van der Waals surface area contributed by atoms with E-state index in [-0.39, 0.29) is 12.0 Å². The molecule has 1 aliphatic rings. The average Bonchev–Trinajstić information content (AvgIpc) is 2.72. The number of hydrogen-bond donors (Lipinski definition) is 0. The molecule has 5 heteroatoms. The molecule has 1 aromatic rings. The SMILES string of the molecule is COCCCOC1CN(C(=O)c2ccoc2C)C1. The molecule has 18 heavy (non-hydrogen) atoms. The zero-order valence-corrected chi connectivity index (χ0v) is 10.8. The summed E-state index contributed by atoms with van der Waals surface area (Å²) < 4.78 is 15.7. The van der Waals surface area contributed by atoms with Crippen LogP contribution in [-0.4, -0.2) is 50.3 Å². The van der Waals surface area contributed by atoms with E-state index in [9.17, 15) is 4.79 Å². The molecule has 0 unspecified atom stereocenters. The maximum atomic E-state index is 12.0. The van der Waals surface area contributed by atoms with Gasteiger partial charge >= 0.3 is 0 Å². The first kappa shape index (κ1) is 13.1. The molecule has 0 radical (unpaired) electrons. The molecule has 0 N–H and O–H groups in total. The van der Waals surface area contributed by atoms with Crippen molar-refractivity contribution in [2.45, 2.75) is 19.4 Å². The van der Waals surface area contributed by atoms with Crippen LogP contribution < -0.4 is 0 Å². The number of furan rings is 1. The van der Waals surface area contributed by atoms with Gasteiger partial charge in [0.1, 0.15) is 5.76 Å². The number of methoxy groups -OCH3 is 1. The molecule has 0 spiro atoms. The Bertz CT molecular complexity index is 395. The summed E-state index contributed by atoms with van der Waals surface area (Å²) in [5.74, 6) is 0.697. The highest BCUT2D eigenvalue weighted by Crippen LogP contribution is 2.18. The molecule has 2 heterocycles. The Morgan fingerprint density at radius 1 is 1.50 bits per heavy atom. The second-order valence-corrected chi connectivity index (χ2v) is 4.44. The summed E-state index contributed by atoms with van der Waals surface area (Å²) in [5, 5.41) is 0. The zero-order valence-electron chi connectivity index (χ0n) is 10.8. The Hall–Kier alpha value is -1.33. The van der Waals surface area contributed by atoms with Crippen molar-refractivity contribution in [2.75, 3.05) is 33.4 Å². The Kier molecular flexibility index (Phi) is 4.38. The van der Waals surface area contributed by atoms with Crippen LogP contribution in [0.5, 0.6) is 0 Å². The second kappa shape index (κ2) is 6.02. The van der Waals surface area contributed by atoms with Gasteiger partial charge in [0.15, 0.2) is 0 Å². The first-order chi connectivity index (χ1) is 8.72. The summed E-state index contributed by atoms with van der Waals surface area (Å²) in [6.45, 7) is 4.52. The molecule has 0 aliphatic carbocycles. The Morgan fingerprint density at radius 2 is 2.28 bits per heavy atom. The normalized spacial score (nSPS) is 15.8. The molecule has 2 rings (SSSR count). The van der Waals surface area contributed by atoms with E-state index < -0.39 is 0 Å². The van der Waals surface area contributed by atoms with Crippen LogP contribution in [0.4, 0.5) is 0 Å². The van der Waals surface area contributed by atoms with Crippen molar-refractivity contribution in [1.82, 2.24) is 4.90 Å². The van der Waals surface area contributed by atoms with E-state index in [1.165, 1.54) is 0 Å². The minimum atomic E-state index is 0.0259. The standard InChI is InChI=1S/C13H19NO4/c1-10-12(4-7-17-10)13(15)14-8-11(9-14)18-6-3-5-16-2/h4,7,11H,3,5-6,8-9H2,1-2H3.